The molecule has 0 aromatic heterocycles. The van der Waals surface area contributed by atoms with E-state index >= 15 is 0 Å². The van der Waals surface area contributed by atoms with E-state index in [4.69, 9.17) is 15.9 Å². The summed E-state index contributed by atoms with van der Waals surface area (Å²) < 4.78 is 0. The van der Waals surface area contributed by atoms with Gasteiger partial charge in [-0.15, -0.1) is 0 Å². The van der Waals surface area contributed by atoms with Crippen molar-refractivity contribution in [3.63, 3.8) is 0 Å². The summed E-state index contributed by atoms with van der Waals surface area (Å²) in [4.78, 5) is 60.0. The second-order valence-corrected chi connectivity index (χ2v) is 7.33. The van der Waals surface area contributed by atoms with Crippen LogP contribution in [0.25, 0.3) is 0 Å². The highest BCUT2D eigenvalue weighted by Crippen LogP contribution is 2.24. The number of benzene rings is 1. The molecule has 0 radical (unpaired) electrons. The Labute approximate surface area is 177 Å². The summed E-state index contributed by atoms with van der Waals surface area (Å²) in [6.07, 6.45) is -1.08. The number of hydrogen-bond acceptors (Lipinski definition) is 6. The maximum absolute atomic E-state index is 12.9. The molecule has 11 heteroatoms. The van der Waals surface area contributed by atoms with Crippen molar-refractivity contribution in [3.05, 3.63) is 35.4 Å². The minimum atomic E-state index is -1.43. The quantitative estimate of drug-likeness (QED) is 0.325. The molecule has 2 amide bonds. The van der Waals surface area contributed by atoms with Gasteiger partial charge in [-0.05, 0) is 24.0 Å². The number of carbonyl (C=O) groups excluding carboxylic acids is 2. The van der Waals surface area contributed by atoms with Gasteiger partial charge < -0.3 is 31.3 Å². The number of amides is 2. The van der Waals surface area contributed by atoms with E-state index in [1.165, 1.54) is 4.90 Å². The average Bonchev–Trinajstić information content (AvgIpc) is 2.72. The van der Waals surface area contributed by atoms with Crippen LogP contribution in [0.5, 0.6) is 0 Å². The zero-order valence-corrected chi connectivity index (χ0v) is 16.7. The van der Waals surface area contributed by atoms with Gasteiger partial charge in [-0.3, -0.25) is 19.2 Å². The van der Waals surface area contributed by atoms with Gasteiger partial charge in [0.1, 0.15) is 12.1 Å². The third-order valence-corrected chi connectivity index (χ3v) is 5.08. The molecule has 0 saturated heterocycles. The van der Waals surface area contributed by atoms with Crippen molar-refractivity contribution in [2.75, 3.05) is 0 Å². The van der Waals surface area contributed by atoms with Gasteiger partial charge >= 0.3 is 17.9 Å². The van der Waals surface area contributed by atoms with E-state index in [-0.39, 0.29) is 32.2 Å². The van der Waals surface area contributed by atoms with Gasteiger partial charge in [-0.25, -0.2) is 4.79 Å². The molecule has 0 unspecified atom stereocenters. The molecule has 0 bridgehead atoms. The van der Waals surface area contributed by atoms with Crippen molar-refractivity contribution in [1.29, 1.82) is 0 Å². The summed E-state index contributed by atoms with van der Waals surface area (Å²) >= 11 is 0. The summed E-state index contributed by atoms with van der Waals surface area (Å²) in [5.74, 6) is -5.06. The molecule has 2 rings (SSSR count). The first-order chi connectivity index (χ1) is 14.6. The average molecular weight is 435 g/mol. The van der Waals surface area contributed by atoms with Crippen LogP contribution < -0.4 is 11.1 Å². The third-order valence-electron chi connectivity index (χ3n) is 5.08. The molecule has 0 fully saturated rings. The summed E-state index contributed by atoms with van der Waals surface area (Å²) in [5.41, 5.74) is 7.47. The maximum Gasteiger partial charge on any atom is 0.326 e. The van der Waals surface area contributed by atoms with Crippen molar-refractivity contribution >= 4 is 29.7 Å². The minimum absolute atomic E-state index is 0.0563. The van der Waals surface area contributed by atoms with Gasteiger partial charge in [0.05, 0.1) is 6.04 Å². The van der Waals surface area contributed by atoms with Gasteiger partial charge in [0, 0.05) is 25.8 Å². The number of rotatable bonds is 10. The second-order valence-electron chi connectivity index (χ2n) is 7.33. The van der Waals surface area contributed by atoms with Crippen molar-refractivity contribution < 1.29 is 39.3 Å². The molecular formula is C20H25N3O8. The first-order valence-corrected chi connectivity index (χ1v) is 9.69. The van der Waals surface area contributed by atoms with Crippen LogP contribution in [0.15, 0.2) is 24.3 Å². The molecule has 0 aliphatic carbocycles. The van der Waals surface area contributed by atoms with Crippen LogP contribution in [0.1, 0.15) is 36.8 Å². The predicted molar refractivity (Wildman–Crippen MR) is 106 cm³/mol. The smallest absolute Gasteiger partial charge is 0.326 e. The summed E-state index contributed by atoms with van der Waals surface area (Å²) in [5, 5.41) is 29.2. The van der Waals surface area contributed by atoms with Gasteiger partial charge in [-0.1, -0.05) is 24.3 Å². The van der Waals surface area contributed by atoms with E-state index in [0.717, 1.165) is 11.1 Å². The number of fused-ring (bicyclic) bond motifs is 1. The number of carbonyl (C=O) groups is 5. The second kappa shape index (κ2) is 10.5. The maximum atomic E-state index is 12.9. The Morgan fingerprint density at radius 3 is 2.16 bits per heavy atom. The van der Waals surface area contributed by atoms with Gasteiger partial charge in [0.25, 0.3) is 0 Å². The lowest BCUT2D eigenvalue weighted by molar-refractivity contribution is -0.146. The Morgan fingerprint density at radius 2 is 1.58 bits per heavy atom. The van der Waals surface area contributed by atoms with E-state index in [2.05, 4.69) is 5.32 Å². The van der Waals surface area contributed by atoms with Crippen LogP contribution in [-0.4, -0.2) is 68.1 Å². The highest BCUT2D eigenvalue weighted by atomic mass is 16.4. The molecule has 1 aromatic rings. The standard InChI is InChI=1S/C20H25N3O8/c21-13(5-7-16(24)25)19(29)23-10-12-4-2-1-3-11(12)9-15(23)18(28)22-14(20(30)31)6-8-17(26)27/h1-4,13-15H,5-10,21H2,(H,22,28)(H,24,25)(H,26,27)(H,30,31)/t13-,14-,15-/m0/s1. The van der Waals surface area contributed by atoms with Crippen LogP contribution >= 0.6 is 0 Å². The van der Waals surface area contributed by atoms with Gasteiger partial charge in [0.15, 0.2) is 0 Å². The Bertz CT molecular complexity index is 872. The van der Waals surface area contributed by atoms with E-state index in [0.29, 0.717) is 0 Å². The fourth-order valence-corrected chi connectivity index (χ4v) is 3.40. The van der Waals surface area contributed by atoms with Gasteiger partial charge in [-0.2, -0.15) is 0 Å². The first-order valence-electron chi connectivity index (χ1n) is 9.69. The number of carboxylic acid groups (broad SMARTS) is 3. The Hall–Kier alpha value is -3.47. The molecule has 1 heterocycles. The van der Waals surface area contributed by atoms with Crippen molar-refractivity contribution in [2.45, 2.75) is 56.8 Å². The summed E-state index contributed by atoms with van der Waals surface area (Å²) in [7, 11) is 0. The molecular weight excluding hydrogens is 410 g/mol. The molecule has 168 valence electrons. The fraction of sp³-hybridized carbons (Fsp3) is 0.450. The third kappa shape index (κ3) is 6.51. The molecule has 3 atom stereocenters. The lowest BCUT2D eigenvalue weighted by Crippen LogP contribution is -2.58. The number of hydrogen-bond donors (Lipinski definition) is 5. The molecule has 31 heavy (non-hydrogen) atoms. The number of nitrogens with zero attached hydrogens (tertiary/aromatic N) is 1. The molecule has 1 aliphatic heterocycles. The highest BCUT2D eigenvalue weighted by Gasteiger charge is 2.37. The van der Waals surface area contributed by atoms with E-state index in [1.807, 2.05) is 0 Å². The zero-order valence-electron chi connectivity index (χ0n) is 16.7. The Balaban J connectivity index is 2.23. The number of carboxylic acids is 3. The van der Waals surface area contributed by atoms with Gasteiger partial charge in [0.2, 0.25) is 11.8 Å². The highest BCUT2D eigenvalue weighted by molar-refractivity contribution is 5.92. The van der Waals surface area contributed by atoms with E-state index < -0.39 is 54.3 Å². The zero-order chi connectivity index (χ0) is 23.1. The number of nitrogens with two attached hydrogens (primary N) is 1. The first kappa shape index (κ1) is 23.8. The van der Waals surface area contributed by atoms with Crippen LogP contribution in [0, 0.1) is 0 Å². The van der Waals surface area contributed by atoms with E-state index in [9.17, 15) is 29.1 Å². The Kier molecular flexibility index (Phi) is 8.08. The van der Waals surface area contributed by atoms with Crippen LogP contribution in [0.2, 0.25) is 0 Å². The van der Waals surface area contributed by atoms with Crippen LogP contribution in [0.4, 0.5) is 0 Å². The lowest BCUT2D eigenvalue weighted by atomic mass is 9.92. The summed E-state index contributed by atoms with van der Waals surface area (Å²) in [6.45, 7) is 0.0563. The fourth-order valence-electron chi connectivity index (χ4n) is 3.40. The molecule has 1 aromatic carbocycles. The number of nitrogens with one attached hydrogen (secondary N) is 1. The van der Waals surface area contributed by atoms with Crippen molar-refractivity contribution in [2.24, 2.45) is 5.73 Å². The topological polar surface area (TPSA) is 187 Å². The number of aliphatic carboxylic acids is 3. The molecule has 6 N–H and O–H groups in total. The minimum Gasteiger partial charge on any atom is -0.481 e. The Morgan fingerprint density at radius 1 is 1.00 bits per heavy atom. The predicted octanol–water partition coefficient (Wildman–Crippen LogP) is -0.434. The van der Waals surface area contributed by atoms with Crippen molar-refractivity contribution in [3.8, 4) is 0 Å². The monoisotopic (exact) mass is 435 g/mol. The van der Waals surface area contributed by atoms with E-state index in [1.54, 1.807) is 24.3 Å². The molecule has 0 spiro atoms. The molecule has 1 aliphatic rings. The normalized spacial score (nSPS) is 17.2. The van der Waals surface area contributed by atoms with Crippen LogP contribution in [0.3, 0.4) is 0 Å². The molecule has 0 saturated carbocycles. The molecule has 11 nitrogen and oxygen atoms in total. The largest absolute Gasteiger partial charge is 0.481 e. The van der Waals surface area contributed by atoms with Crippen molar-refractivity contribution in [1.82, 2.24) is 10.2 Å². The SMILES string of the molecule is N[C@@H](CCC(=O)O)C(=O)N1Cc2ccccc2C[C@H]1C(=O)N[C@@H](CCC(=O)O)C(=O)O. The summed E-state index contributed by atoms with van der Waals surface area (Å²) in [6, 6.07) is 3.50. The lowest BCUT2D eigenvalue weighted by Gasteiger charge is -2.37. The van der Waals surface area contributed by atoms with Crippen LogP contribution in [-0.2, 0) is 36.9 Å².